The molecule has 44 heavy (non-hydrogen) atoms. The lowest BCUT2D eigenvalue weighted by molar-refractivity contribution is -0.137. The summed E-state index contributed by atoms with van der Waals surface area (Å²) in [7, 11) is 0. The van der Waals surface area contributed by atoms with E-state index < -0.39 is 23.7 Å². The predicted molar refractivity (Wildman–Crippen MR) is 166 cm³/mol. The summed E-state index contributed by atoms with van der Waals surface area (Å²) in [6, 6.07) is 31.8. The molecule has 2 amide bonds. The van der Waals surface area contributed by atoms with Crippen molar-refractivity contribution in [2.75, 3.05) is 6.54 Å². The Morgan fingerprint density at radius 1 is 0.795 bits per heavy atom. The van der Waals surface area contributed by atoms with Crippen molar-refractivity contribution in [3.63, 3.8) is 0 Å². The zero-order chi connectivity index (χ0) is 30.9. The Bertz CT molecular complexity index is 1530. The highest BCUT2D eigenvalue weighted by molar-refractivity contribution is 5.97. The van der Waals surface area contributed by atoms with E-state index in [1.807, 2.05) is 48.5 Å². The van der Waals surface area contributed by atoms with E-state index >= 15 is 0 Å². The van der Waals surface area contributed by atoms with Gasteiger partial charge in [0.15, 0.2) is 0 Å². The number of carbonyl (C=O) groups excluding carboxylic acids is 2. The summed E-state index contributed by atoms with van der Waals surface area (Å²) in [6.45, 7) is 0.715. The third kappa shape index (κ3) is 8.57. The Balaban J connectivity index is 1.17. The number of hydrogen-bond donors (Lipinski definition) is 3. The van der Waals surface area contributed by atoms with Crippen LogP contribution in [0.15, 0.2) is 109 Å². The first-order valence-electron chi connectivity index (χ1n) is 15.0. The Kier molecular flexibility index (Phi) is 10.1. The lowest BCUT2D eigenvalue weighted by Gasteiger charge is -2.19. The molecule has 1 fully saturated rings. The van der Waals surface area contributed by atoms with Crippen LogP contribution in [0.2, 0.25) is 0 Å². The summed E-state index contributed by atoms with van der Waals surface area (Å²) in [4.78, 5) is 26.4. The first-order valence-corrected chi connectivity index (χ1v) is 15.0. The van der Waals surface area contributed by atoms with Crippen molar-refractivity contribution in [1.82, 2.24) is 16.0 Å². The zero-order valence-electron chi connectivity index (χ0n) is 24.3. The molecule has 0 aliphatic heterocycles. The normalized spacial score (nSPS) is 16.6. The summed E-state index contributed by atoms with van der Waals surface area (Å²) >= 11 is 0. The molecule has 1 saturated carbocycles. The first-order chi connectivity index (χ1) is 21.3. The molecule has 1 aliphatic carbocycles. The second-order valence-corrected chi connectivity index (χ2v) is 11.2. The summed E-state index contributed by atoms with van der Waals surface area (Å²) in [5.74, 6) is -0.292. The van der Waals surface area contributed by atoms with E-state index in [1.165, 1.54) is 17.7 Å². The van der Waals surface area contributed by atoms with Crippen molar-refractivity contribution in [3.05, 3.63) is 131 Å². The maximum atomic E-state index is 13.2. The number of unbranched alkanes of at least 4 members (excludes halogenated alkanes) is 1. The molecule has 0 radical (unpaired) electrons. The van der Waals surface area contributed by atoms with Gasteiger partial charge in [-0.1, -0.05) is 84.9 Å². The Morgan fingerprint density at radius 2 is 1.48 bits per heavy atom. The van der Waals surface area contributed by atoms with Gasteiger partial charge in [-0.05, 0) is 78.7 Å². The van der Waals surface area contributed by atoms with Crippen molar-refractivity contribution in [2.45, 2.75) is 56.4 Å². The number of alkyl halides is 3. The topological polar surface area (TPSA) is 70.2 Å². The van der Waals surface area contributed by atoms with Crippen LogP contribution >= 0.6 is 0 Å². The van der Waals surface area contributed by atoms with E-state index in [0.29, 0.717) is 35.9 Å². The lowest BCUT2D eigenvalue weighted by Crippen LogP contribution is -2.46. The summed E-state index contributed by atoms with van der Waals surface area (Å²) in [5.41, 5.74) is 3.31. The number of rotatable bonds is 13. The summed E-state index contributed by atoms with van der Waals surface area (Å²) < 4.78 is 39.4. The van der Waals surface area contributed by atoms with Gasteiger partial charge < -0.3 is 16.0 Å². The minimum Gasteiger partial charge on any atom is -0.350 e. The van der Waals surface area contributed by atoms with Gasteiger partial charge in [0, 0.05) is 24.1 Å². The highest BCUT2D eigenvalue weighted by atomic mass is 19.4. The smallest absolute Gasteiger partial charge is 0.350 e. The molecular formula is C36H36F3N3O2. The maximum Gasteiger partial charge on any atom is 0.416 e. The molecule has 3 N–H and O–H groups in total. The van der Waals surface area contributed by atoms with Gasteiger partial charge in [-0.25, -0.2) is 0 Å². The van der Waals surface area contributed by atoms with Crippen molar-refractivity contribution in [2.24, 2.45) is 0 Å². The molecule has 0 aromatic heterocycles. The Hall–Kier alpha value is -4.43. The van der Waals surface area contributed by atoms with Crippen LogP contribution in [-0.4, -0.2) is 30.4 Å². The van der Waals surface area contributed by atoms with Gasteiger partial charge >= 0.3 is 6.18 Å². The van der Waals surface area contributed by atoms with Gasteiger partial charge in [0.1, 0.15) is 6.04 Å². The van der Waals surface area contributed by atoms with E-state index in [9.17, 15) is 22.8 Å². The van der Waals surface area contributed by atoms with Crippen LogP contribution < -0.4 is 16.0 Å². The molecule has 0 heterocycles. The Morgan fingerprint density at radius 3 is 2.18 bits per heavy atom. The van der Waals surface area contributed by atoms with Crippen LogP contribution in [0.5, 0.6) is 0 Å². The largest absolute Gasteiger partial charge is 0.416 e. The highest BCUT2D eigenvalue weighted by Gasteiger charge is 2.37. The molecule has 3 atom stereocenters. The van der Waals surface area contributed by atoms with E-state index in [-0.39, 0.29) is 12.5 Å². The highest BCUT2D eigenvalue weighted by Crippen LogP contribution is 2.40. The quantitative estimate of drug-likeness (QED) is 0.144. The third-order valence-electron chi connectivity index (χ3n) is 7.94. The van der Waals surface area contributed by atoms with Crippen LogP contribution in [0.4, 0.5) is 13.2 Å². The van der Waals surface area contributed by atoms with Crippen LogP contribution in [0.25, 0.3) is 11.1 Å². The number of hydrogen-bond acceptors (Lipinski definition) is 3. The molecule has 4 aromatic rings. The van der Waals surface area contributed by atoms with Crippen LogP contribution in [-0.2, 0) is 17.5 Å². The fourth-order valence-corrected chi connectivity index (χ4v) is 5.38. The summed E-state index contributed by atoms with van der Waals surface area (Å²) in [5, 5.41) is 9.15. The van der Waals surface area contributed by atoms with E-state index in [4.69, 9.17) is 0 Å². The van der Waals surface area contributed by atoms with Crippen LogP contribution in [0.3, 0.4) is 0 Å². The second-order valence-electron chi connectivity index (χ2n) is 11.2. The Labute approximate surface area is 255 Å². The predicted octanol–water partition coefficient (Wildman–Crippen LogP) is 7.10. The average Bonchev–Trinajstić information content (AvgIpc) is 3.83. The zero-order valence-corrected chi connectivity index (χ0v) is 24.3. The molecule has 0 saturated heterocycles. The minimum absolute atomic E-state index is 0.0784. The van der Waals surface area contributed by atoms with Crippen molar-refractivity contribution in [3.8, 4) is 11.1 Å². The molecule has 8 heteroatoms. The van der Waals surface area contributed by atoms with Gasteiger partial charge in [0.05, 0.1) is 5.56 Å². The molecule has 0 unspecified atom stereocenters. The molecule has 0 bridgehead atoms. The maximum absolute atomic E-state index is 13.2. The van der Waals surface area contributed by atoms with E-state index in [1.54, 1.807) is 12.1 Å². The van der Waals surface area contributed by atoms with Crippen LogP contribution in [0, 0.1) is 0 Å². The number of carbonyl (C=O) groups is 2. The molecule has 228 valence electrons. The van der Waals surface area contributed by atoms with Gasteiger partial charge in [0.25, 0.3) is 5.91 Å². The first kappa shape index (κ1) is 31.0. The monoisotopic (exact) mass is 599 g/mol. The standard InChI is InChI=1S/C36H36F3N3O2/c37-36(38,39)30-15-9-10-25(22-30)24-41-35(44)32(16-7-8-21-40-33-23-31(33)28-13-5-2-6-14-28)42-34(43)29-19-17-27(18-20-29)26-11-3-1-4-12-26/h1-6,9-15,17-20,22,31-33,40H,7-8,16,21,23-24H2,(H,41,44)(H,42,43)/t31-,32-,33+/m0/s1. The molecule has 5 nitrogen and oxygen atoms in total. The second kappa shape index (κ2) is 14.4. The van der Waals surface area contributed by atoms with Gasteiger partial charge in [-0.3, -0.25) is 9.59 Å². The molecule has 0 spiro atoms. The van der Waals surface area contributed by atoms with Crippen molar-refractivity contribution in [1.29, 1.82) is 0 Å². The van der Waals surface area contributed by atoms with E-state index in [0.717, 1.165) is 42.6 Å². The van der Waals surface area contributed by atoms with E-state index in [2.05, 4.69) is 40.2 Å². The summed E-state index contributed by atoms with van der Waals surface area (Å²) in [6.07, 6.45) is -1.47. The molecule has 4 aromatic carbocycles. The molecular weight excluding hydrogens is 563 g/mol. The number of nitrogens with one attached hydrogen (secondary N) is 3. The van der Waals surface area contributed by atoms with Crippen LogP contribution in [0.1, 0.15) is 58.6 Å². The minimum atomic E-state index is -4.47. The van der Waals surface area contributed by atoms with Gasteiger partial charge in [-0.2, -0.15) is 13.2 Å². The number of amides is 2. The average molecular weight is 600 g/mol. The van der Waals surface area contributed by atoms with Crippen molar-refractivity contribution < 1.29 is 22.8 Å². The number of halogens is 3. The number of benzene rings is 4. The van der Waals surface area contributed by atoms with Gasteiger partial charge in [-0.15, -0.1) is 0 Å². The fraction of sp³-hybridized carbons (Fsp3) is 0.278. The van der Waals surface area contributed by atoms with Gasteiger partial charge in [0.2, 0.25) is 5.91 Å². The SMILES string of the molecule is O=C(N[C@@H](CCCCN[C@@H]1C[C@H]1c1ccccc1)C(=O)NCc1cccc(C(F)(F)F)c1)c1ccc(-c2ccccc2)cc1. The third-order valence-corrected chi connectivity index (χ3v) is 7.94. The lowest BCUT2D eigenvalue weighted by atomic mass is 10.0. The van der Waals surface area contributed by atoms with Crippen molar-refractivity contribution >= 4 is 11.8 Å². The fourth-order valence-electron chi connectivity index (χ4n) is 5.38. The molecule has 5 rings (SSSR count). The molecule has 1 aliphatic rings.